The van der Waals surface area contributed by atoms with Gasteiger partial charge in [-0.25, -0.2) is 0 Å². The molecule has 12 aromatic rings. The maximum atomic E-state index is 3.57. The average molecular weight is 973 g/mol. The van der Waals surface area contributed by atoms with Gasteiger partial charge >= 0.3 is 0 Å². The van der Waals surface area contributed by atoms with Gasteiger partial charge in [-0.1, -0.05) is 244 Å². The number of anilines is 4. The van der Waals surface area contributed by atoms with Crippen LogP contribution in [0.4, 0.5) is 22.7 Å². The van der Waals surface area contributed by atoms with E-state index in [9.17, 15) is 0 Å². The van der Waals surface area contributed by atoms with Gasteiger partial charge in [0.05, 0.1) is 5.41 Å². The van der Waals surface area contributed by atoms with Crippen molar-refractivity contribution < 1.29 is 0 Å². The summed E-state index contributed by atoms with van der Waals surface area (Å²) in [6.45, 7) is 4.66. The first-order valence-corrected chi connectivity index (χ1v) is 26.4. The highest BCUT2D eigenvalue weighted by Crippen LogP contribution is 2.57. The summed E-state index contributed by atoms with van der Waals surface area (Å²) in [4.78, 5) is 0. The molecule has 2 aliphatic rings. The minimum atomic E-state index is -0.391. The minimum absolute atomic E-state index is 0.0273. The highest BCUT2D eigenvalue weighted by Gasteiger charge is 2.46. The zero-order valence-corrected chi connectivity index (χ0v) is 42.7. The highest BCUT2D eigenvalue weighted by atomic mass is 14.9. The number of fused-ring (bicyclic) bond motifs is 7. The lowest BCUT2D eigenvalue weighted by Gasteiger charge is -2.34. The van der Waals surface area contributed by atoms with E-state index in [4.69, 9.17) is 0 Å². The van der Waals surface area contributed by atoms with E-state index in [-0.39, 0.29) is 5.41 Å². The Labute approximate surface area is 446 Å². The Bertz CT molecular complexity index is 3990. The van der Waals surface area contributed by atoms with Crippen molar-refractivity contribution in [2.75, 3.05) is 10.6 Å². The first-order valence-electron chi connectivity index (χ1n) is 26.4. The SMILES string of the molecule is CC1(C)c2ccccc2-c2ccc(-c3ccc(Nc4ccc5ccccc5c4)cc3)cc21.c1ccc(-c2ccc(Nc3ccc(-c4ccc5c(c4)C(c4ccccc4)(c4ccccc4)c4ccccc4-5)cc3)cc2)cc1. The second-order valence-electron chi connectivity index (χ2n) is 20.6. The summed E-state index contributed by atoms with van der Waals surface area (Å²) in [6, 6.07) is 105. The van der Waals surface area contributed by atoms with Crippen molar-refractivity contribution >= 4 is 33.5 Å². The van der Waals surface area contributed by atoms with Crippen LogP contribution >= 0.6 is 0 Å². The Morgan fingerprint density at radius 2 is 0.605 bits per heavy atom. The van der Waals surface area contributed by atoms with Gasteiger partial charge in [-0.05, 0) is 160 Å². The first-order chi connectivity index (χ1) is 37.4. The van der Waals surface area contributed by atoms with Crippen LogP contribution < -0.4 is 10.6 Å². The largest absolute Gasteiger partial charge is 0.356 e. The molecule has 0 atom stereocenters. The summed E-state index contributed by atoms with van der Waals surface area (Å²) in [5.41, 5.74) is 24.7. The van der Waals surface area contributed by atoms with E-state index in [1.807, 2.05) is 6.07 Å². The highest BCUT2D eigenvalue weighted by molar-refractivity contribution is 5.90. The van der Waals surface area contributed by atoms with E-state index in [1.165, 1.54) is 99.8 Å². The van der Waals surface area contributed by atoms with E-state index in [0.29, 0.717) is 0 Å². The predicted molar refractivity (Wildman–Crippen MR) is 321 cm³/mol. The molecular weight excluding hydrogens is 917 g/mol. The molecule has 2 nitrogen and oxygen atoms in total. The molecule has 0 aromatic heterocycles. The summed E-state index contributed by atoms with van der Waals surface area (Å²) in [5.74, 6) is 0. The van der Waals surface area contributed by atoms with Gasteiger partial charge in [0.1, 0.15) is 0 Å². The van der Waals surface area contributed by atoms with Crippen LogP contribution in [0.2, 0.25) is 0 Å². The monoisotopic (exact) mass is 972 g/mol. The lowest BCUT2D eigenvalue weighted by molar-refractivity contribution is 0.660. The summed E-state index contributed by atoms with van der Waals surface area (Å²) >= 11 is 0. The molecule has 2 N–H and O–H groups in total. The fourth-order valence-electron chi connectivity index (χ4n) is 12.0. The van der Waals surface area contributed by atoms with Crippen LogP contribution in [0.3, 0.4) is 0 Å². The van der Waals surface area contributed by atoms with Gasteiger partial charge in [0, 0.05) is 28.2 Å². The maximum Gasteiger partial charge on any atom is 0.0713 e. The van der Waals surface area contributed by atoms with E-state index in [2.05, 4.69) is 310 Å². The van der Waals surface area contributed by atoms with Crippen LogP contribution in [0, 0.1) is 0 Å². The van der Waals surface area contributed by atoms with Crippen LogP contribution in [0.5, 0.6) is 0 Å². The number of rotatable bonds is 9. The van der Waals surface area contributed by atoms with Crippen molar-refractivity contribution in [1.29, 1.82) is 0 Å². The molecule has 0 fully saturated rings. The Balaban J connectivity index is 0.000000153. The Kier molecular flexibility index (Phi) is 11.8. The molecule has 0 saturated carbocycles. The minimum Gasteiger partial charge on any atom is -0.356 e. The van der Waals surface area contributed by atoms with E-state index in [0.717, 1.165) is 22.7 Å². The fraction of sp³-hybridized carbons (Fsp3) is 0.0541. The normalized spacial score (nSPS) is 13.1. The zero-order valence-electron chi connectivity index (χ0n) is 42.7. The Morgan fingerprint density at radius 3 is 1.17 bits per heavy atom. The predicted octanol–water partition coefficient (Wildman–Crippen LogP) is 19.7. The smallest absolute Gasteiger partial charge is 0.0713 e. The van der Waals surface area contributed by atoms with Gasteiger partial charge in [-0.3, -0.25) is 0 Å². The van der Waals surface area contributed by atoms with E-state index in [1.54, 1.807) is 0 Å². The van der Waals surface area contributed by atoms with E-state index < -0.39 is 5.41 Å². The van der Waals surface area contributed by atoms with E-state index >= 15 is 0 Å². The summed E-state index contributed by atoms with van der Waals surface area (Å²) < 4.78 is 0. The second-order valence-corrected chi connectivity index (χ2v) is 20.6. The lowest BCUT2D eigenvalue weighted by Crippen LogP contribution is -2.28. The molecule has 0 radical (unpaired) electrons. The van der Waals surface area contributed by atoms with Crippen LogP contribution in [0.25, 0.3) is 66.4 Å². The number of hydrogen-bond donors (Lipinski definition) is 2. The van der Waals surface area contributed by atoms with Crippen LogP contribution in [-0.2, 0) is 10.8 Å². The molecule has 76 heavy (non-hydrogen) atoms. The van der Waals surface area contributed by atoms with Crippen molar-refractivity contribution in [3.05, 3.63) is 325 Å². The number of nitrogens with one attached hydrogen (secondary N) is 2. The van der Waals surface area contributed by atoms with Gasteiger partial charge in [0.25, 0.3) is 0 Å². The third-order valence-electron chi connectivity index (χ3n) is 15.8. The standard InChI is InChI=1S/C43H31N.C31H25N/c1-4-12-31(13-5-1)32-20-25-37(26-21-32)44-38-27-22-33(23-28-38)34-24-29-40-39-18-10-11-19-41(39)43(42(40)30-34,35-14-6-2-7-15-35)36-16-8-3-9-17-36;1-31(2)29-10-6-5-9-27(29)28-18-14-24(20-30(28)31)22-11-15-25(16-12-22)32-26-17-13-21-7-3-4-8-23(21)19-26/h1-30,44H;3-20,32H,1-2H3. The van der Waals surface area contributed by atoms with Crippen LogP contribution in [0.15, 0.2) is 291 Å². The zero-order chi connectivity index (χ0) is 51.1. The molecule has 12 aromatic carbocycles. The number of hydrogen-bond acceptors (Lipinski definition) is 2. The molecule has 0 unspecified atom stereocenters. The topological polar surface area (TPSA) is 24.1 Å². The fourth-order valence-corrected chi connectivity index (χ4v) is 12.0. The van der Waals surface area contributed by atoms with Gasteiger partial charge in [0.15, 0.2) is 0 Å². The Hall–Kier alpha value is -9.50. The second kappa shape index (κ2) is 19.4. The molecule has 2 heteroatoms. The third-order valence-corrected chi connectivity index (χ3v) is 15.8. The van der Waals surface area contributed by atoms with Crippen LogP contribution in [-0.4, -0.2) is 0 Å². The molecule has 0 saturated heterocycles. The quantitative estimate of drug-likeness (QED) is 0.151. The van der Waals surface area contributed by atoms with Crippen molar-refractivity contribution in [3.8, 4) is 55.6 Å². The van der Waals surface area contributed by atoms with Crippen molar-refractivity contribution in [3.63, 3.8) is 0 Å². The maximum absolute atomic E-state index is 3.57. The molecule has 0 spiro atoms. The molecule has 0 bridgehead atoms. The van der Waals surface area contributed by atoms with Gasteiger partial charge in [-0.2, -0.15) is 0 Å². The first kappa shape index (κ1) is 46.3. The Morgan fingerprint density at radius 1 is 0.237 bits per heavy atom. The molecule has 0 aliphatic heterocycles. The van der Waals surface area contributed by atoms with Gasteiger partial charge in [-0.15, -0.1) is 0 Å². The van der Waals surface area contributed by atoms with Crippen molar-refractivity contribution in [1.82, 2.24) is 0 Å². The molecule has 362 valence electrons. The van der Waals surface area contributed by atoms with Crippen LogP contribution in [0.1, 0.15) is 47.2 Å². The van der Waals surface area contributed by atoms with Gasteiger partial charge in [0.2, 0.25) is 0 Å². The molecule has 14 rings (SSSR count). The summed E-state index contributed by atoms with van der Waals surface area (Å²) in [7, 11) is 0. The molecule has 0 amide bonds. The summed E-state index contributed by atoms with van der Waals surface area (Å²) in [5, 5.41) is 9.62. The molecule has 2 aliphatic carbocycles. The van der Waals surface area contributed by atoms with Gasteiger partial charge < -0.3 is 10.6 Å². The molecular formula is C74H56N2. The lowest BCUT2D eigenvalue weighted by atomic mass is 9.67. The van der Waals surface area contributed by atoms with Crippen molar-refractivity contribution in [2.45, 2.75) is 24.7 Å². The third kappa shape index (κ3) is 8.35. The number of benzene rings is 12. The summed E-state index contributed by atoms with van der Waals surface area (Å²) in [6.07, 6.45) is 0. The van der Waals surface area contributed by atoms with Crippen molar-refractivity contribution in [2.24, 2.45) is 0 Å². The molecule has 0 heterocycles. The average Bonchev–Trinajstić information content (AvgIpc) is 3.96.